The second-order valence-corrected chi connectivity index (χ2v) is 7.71. The van der Waals surface area contributed by atoms with E-state index in [1.165, 1.54) is 24.0 Å². The van der Waals surface area contributed by atoms with E-state index < -0.39 is 0 Å². The summed E-state index contributed by atoms with van der Waals surface area (Å²) in [5, 5.41) is 0. The standard InChI is InChI=1S/C21H30N2O2/c1-15(22)19-7-4-12-23(14-19)21(25)11-10-20(24)18-9-8-16-5-2-3-6-17(16)13-18/h8-9,13,15,19H,2-7,10-12,14,22H2,1H3. The molecule has 1 fully saturated rings. The molecule has 1 amide bonds. The van der Waals surface area contributed by atoms with E-state index in [1.54, 1.807) is 0 Å². The predicted octanol–water partition coefficient (Wildman–Crippen LogP) is 3.11. The second kappa shape index (κ2) is 8.13. The molecule has 1 saturated heterocycles. The van der Waals surface area contributed by atoms with Gasteiger partial charge in [-0.15, -0.1) is 0 Å². The Morgan fingerprint density at radius 3 is 2.68 bits per heavy atom. The molecule has 2 atom stereocenters. The first-order valence-corrected chi connectivity index (χ1v) is 9.73. The lowest BCUT2D eigenvalue weighted by atomic mass is 9.89. The molecule has 1 heterocycles. The molecule has 1 aliphatic carbocycles. The van der Waals surface area contributed by atoms with Gasteiger partial charge < -0.3 is 10.6 Å². The van der Waals surface area contributed by atoms with E-state index in [1.807, 2.05) is 24.0 Å². The van der Waals surface area contributed by atoms with Crippen molar-refractivity contribution in [3.8, 4) is 0 Å². The second-order valence-electron chi connectivity index (χ2n) is 7.71. The zero-order valence-corrected chi connectivity index (χ0v) is 15.3. The fraction of sp³-hybridized carbons (Fsp3) is 0.619. The first kappa shape index (κ1) is 18.1. The summed E-state index contributed by atoms with van der Waals surface area (Å²) in [7, 11) is 0. The minimum atomic E-state index is 0.0856. The van der Waals surface area contributed by atoms with Crippen LogP contribution in [0.5, 0.6) is 0 Å². The minimum Gasteiger partial charge on any atom is -0.342 e. The van der Waals surface area contributed by atoms with Crippen LogP contribution in [0.3, 0.4) is 0 Å². The first-order valence-electron chi connectivity index (χ1n) is 9.73. The highest BCUT2D eigenvalue weighted by atomic mass is 16.2. The third-order valence-corrected chi connectivity index (χ3v) is 5.79. The van der Waals surface area contributed by atoms with Gasteiger partial charge >= 0.3 is 0 Å². The van der Waals surface area contributed by atoms with Crippen LogP contribution < -0.4 is 5.73 Å². The average molecular weight is 342 g/mol. The molecule has 0 bridgehead atoms. The molecule has 25 heavy (non-hydrogen) atoms. The SMILES string of the molecule is CC(N)C1CCCN(C(=O)CCC(=O)c2ccc3c(c2)CCCC3)C1. The van der Waals surface area contributed by atoms with Crippen LogP contribution in [-0.2, 0) is 17.6 Å². The van der Waals surface area contributed by atoms with E-state index in [-0.39, 0.29) is 17.7 Å². The molecule has 0 aromatic heterocycles. The van der Waals surface area contributed by atoms with Crippen LogP contribution in [0.25, 0.3) is 0 Å². The summed E-state index contributed by atoms with van der Waals surface area (Å²) in [5.41, 5.74) is 9.46. The van der Waals surface area contributed by atoms with E-state index in [0.717, 1.165) is 44.3 Å². The van der Waals surface area contributed by atoms with E-state index in [0.29, 0.717) is 18.8 Å². The zero-order chi connectivity index (χ0) is 17.8. The number of likely N-dealkylation sites (tertiary alicyclic amines) is 1. The zero-order valence-electron chi connectivity index (χ0n) is 15.3. The summed E-state index contributed by atoms with van der Waals surface area (Å²) in [6, 6.07) is 6.20. The van der Waals surface area contributed by atoms with Gasteiger partial charge in [0.15, 0.2) is 5.78 Å². The molecule has 2 unspecified atom stereocenters. The van der Waals surface area contributed by atoms with Crippen molar-refractivity contribution >= 4 is 11.7 Å². The number of fused-ring (bicyclic) bond motifs is 1. The summed E-state index contributed by atoms with van der Waals surface area (Å²) in [6.07, 6.45) is 7.36. The predicted molar refractivity (Wildman–Crippen MR) is 99.6 cm³/mol. The van der Waals surface area contributed by atoms with E-state index in [9.17, 15) is 9.59 Å². The Balaban J connectivity index is 1.54. The Morgan fingerprint density at radius 2 is 1.92 bits per heavy atom. The topological polar surface area (TPSA) is 63.4 Å². The maximum absolute atomic E-state index is 12.5. The number of amides is 1. The number of nitrogens with zero attached hydrogens (tertiary/aromatic N) is 1. The molecular weight excluding hydrogens is 312 g/mol. The van der Waals surface area contributed by atoms with Crippen molar-refractivity contribution in [2.75, 3.05) is 13.1 Å². The lowest BCUT2D eigenvalue weighted by Gasteiger charge is -2.34. The molecule has 0 radical (unpaired) electrons. The molecule has 136 valence electrons. The van der Waals surface area contributed by atoms with Crippen LogP contribution in [0.1, 0.15) is 66.9 Å². The van der Waals surface area contributed by atoms with Gasteiger partial charge in [0, 0.05) is 37.5 Å². The summed E-state index contributed by atoms with van der Waals surface area (Å²) in [5.74, 6) is 0.563. The largest absolute Gasteiger partial charge is 0.342 e. The van der Waals surface area contributed by atoms with Crippen LogP contribution >= 0.6 is 0 Å². The van der Waals surface area contributed by atoms with Gasteiger partial charge in [0.05, 0.1) is 0 Å². The van der Waals surface area contributed by atoms with Crippen molar-refractivity contribution in [2.24, 2.45) is 11.7 Å². The molecular formula is C21H30N2O2. The van der Waals surface area contributed by atoms with Crippen LogP contribution in [0.2, 0.25) is 0 Å². The van der Waals surface area contributed by atoms with Crippen LogP contribution in [0.15, 0.2) is 18.2 Å². The first-order chi connectivity index (χ1) is 12.0. The number of carbonyl (C=O) groups is 2. The number of aryl methyl sites for hydroxylation is 2. The number of rotatable bonds is 5. The number of carbonyl (C=O) groups excluding carboxylic acids is 2. The number of Topliss-reactive ketones (excluding diaryl/α,β-unsaturated/α-hetero) is 1. The van der Waals surface area contributed by atoms with E-state index in [4.69, 9.17) is 5.73 Å². The Kier molecular flexibility index (Phi) is 5.89. The summed E-state index contributed by atoms with van der Waals surface area (Å²) in [4.78, 5) is 26.9. The fourth-order valence-corrected chi connectivity index (χ4v) is 4.10. The Labute approximate surface area is 150 Å². The van der Waals surface area contributed by atoms with Gasteiger partial charge in [0.2, 0.25) is 5.91 Å². The Hall–Kier alpha value is -1.68. The molecule has 4 heteroatoms. The number of piperidine rings is 1. The summed E-state index contributed by atoms with van der Waals surface area (Å²) >= 11 is 0. The molecule has 4 nitrogen and oxygen atoms in total. The number of benzene rings is 1. The highest BCUT2D eigenvalue weighted by Gasteiger charge is 2.26. The molecule has 3 rings (SSSR count). The van der Waals surface area contributed by atoms with Gasteiger partial charge in [-0.05, 0) is 68.6 Å². The normalized spacial score (nSPS) is 21.5. The summed E-state index contributed by atoms with van der Waals surface area (Å²) in [6.45, 7) is 3.55. The van der Waals surface area contributed by atoms with Gasteiger partial charge in [-0.2, -0.15) is 0 Å². The minimum absolute atomic E-state index is 0.0856. The number of hydrogen-bond donors (Lipinski definition) is 1. The molecule has 1 aromatic rings. The maximum Gasteiger partial charge on any atom is 0.223 e. The van der Waals surface area contributed by atoms with Crippen molar-refractivity contribution in [3.05, 3.63) is 34.9 Å². The average Bonchev–Trinajstić information content (AvgIpc) is 2.65. The van der Waals surface area contributed by atoms with Crippen molar-refractivity contribution in [1.82, 2.24) is 4.90 Å². The van der Waals surface area contributed by atoms with Gasteiger partial charge in [-0.1, -0.05) is 12.1 Å². The maximum atomic E-state index is 12.5. The fourth-order valence-electron chi connectivity index (χ4n) is 4.10. The molecule has 1 aromatic carbocycles. The monoisotopic (exact) mass is 342 g/mol. The van der Waals surface area contributed by atoms with Crippen molar-refractivity contribution in [3.63, 3.8) is 0 Å². The number of hydrogen-bond acceptors (Lipinski definition) is 3. The highest BCUT2D eigenvalue weighted by molar-refractivity contribution is 5.98. The Bertz CT molecular complexity index is 639. The molecule has 1 aliphatic heterocycles. The van der Waals surface area contributed by atoms with Crippen LogP contribution in [0, 0.1) is 5.92 Å². The van der Waals surface area contributed by atoms with Gasteiger partial charge in [-0.3, -0.25) is 9.59 Å². The van der Waals surface area contributed by atoms with Gasteiger partial charge in [0.25, 0.3) is 0 Å². The molecule has 0 saturated carbocycles. The van der Waals surface area contributed by atoms with E-state index >= 15 is 0 Å². The number of ketones is 1. The quantitative estimate of drug-likeness (QED) is 0.836. The third kappa shape index (κ3) is 4.49. The number of nitrogens with two attached hydrogens (primary N) is 1. The lowest BCUT2D eigenvalue weighted by molar-refractivity contribution is -0.133. The third-order valence-electron chi connectivity index (χ3n) is 5.79. The summed E-state index contributed by atoms with van der Waals surface area (Å²) < 4.78 is 0. The van der Waals surface area contributed by atoms with Crippen LogP contribution in [-0.4, -0.2) is 35.7 Å². The smallest absolute Gasteiger partial charge is 0.223 e. The van der Waals surface area contributed by atoms with Crippen molar-refractivity contribution in [2.45, 2.75) is 64.3 Å². The van der Waals surface area contributed by atoms with Gasteiger partial charge in [-0.25, -0.2) is 0 Å². The lowest BCUT2D eigenvalue weighted by Crippen LogP contribution is -2.45. The highest BCUT2D eigenvalue weighted by Crippen LogP contribution is 2.23. The van der Waals surface area contributed by atoms with Crippen molar-refractivity contribution in [1.29, 1.82) is 0 Å². The molecule has 2 aliphatic rings. The Morgan fingerprint density at radius 1 is 1.16 bits per heavy atom. The molecule has 2 N–H and O–H groups in total. The van der Waals surface area contributed by atoms with Crippen LogP contribution in [0.4, 0.5) is 0 Å². The van der Waals surface area contributed by atoms with Gasteiger partial charge in [0.1, 0.15) is 0 Å². The van der Waals surface area contributed by atoms with E-state index in [2.05, 4.69) is 6.07 Å². The molecule has 0 spiro atoms. The van der Waals surface area contributed by atoms with Crippen molar-refractivity contribution < 1.29 is 9.59 Å².